The maximum Gasteiger partial charge on any atom is 0.276 e. The molecule has 1 N–H and O–H groups in total. The van der Waals surface area contributed by atoms with Crippen LogP contribution in [0.5, 0.6) is 0 Å². The van der Waals surface area contributed by atoms with E-state index in [9.17, 15) is 4.79 Å². The highest BCUT2D eigenvalue weighted by Gasteiger charge is 2.16. The molecule has 4 nitrogen and oxygen atoms in total. The molecule has 7 heteroatoms. The topological polar surface area (TPSA) is 54.9 Å². The number of nitrogens with zero attached hydrogens (tertiary/aromatic N) is 2. The molecule has 0 bridgehead atoms. The lowest BCUT2D eigenvalue weighted by molar-refractivity contribution is 0.102. The minimum absolute atomic E-state index is 0.231. The van der Waals surface area contributed by atoms with Crippen molar-refractivity contribution in [1.29, 1.82) is 0 Å². The second-order valence-electron chi connectivity index (χ2n) is 6.32. The minimum Gasteiger partial charge on any atom is -0.296 e. The average Bonchev–Trinajstić information content (AvgIpc) is 3.35. The van der Waals surface area contributed by atoms with Crippen LogP contribution in [0.3, 0.4) is 0 Å². The van der Waals surface area contributed by atoms with Gasteiger partial charge in [-0.15, -0.1) is 22.7 Å². The van der Waals surface area contributed by atoms with E-state index in [2.05, 4.69) is 48.2 Å². The van der Waals surface area contributed by atoms with Crippen LogP contribution in [0, 0.1) is 20.8 Å². The number of amides is 1. The summed E-state index contributed by atoms with van der Waals surface area (Å²) in [5, 5.41) is 12.1. The van der Waals surface area contributed by atoms with Crippen LogP contribution >= 0.6 is 34.0 Å². The Morgan fingerprint density at radius 1 is 1.00 bits per heavy atom. The fourth-order valence-corrected chi connectivity index (χ4v) is 5.30. The summed E-state index contributed by atoms with van der Waals surface area (Å²) in [7, 11) is 0. The Kier molecular flexibility index (Phi) is 4.90. The van der Waals surface area contributed by atoms with Crippen molar-refractivity contribution in [2.45, 2.75) is 20.8 Å². The quantitative estimate of drug-likeness (QED) is 0.437. The van der Waals surface area contributed by atoms with Gasteiger partial charge in [0.25, 0.3) is 5.91 Å². The highest BCUT2D eigenvalue weighted by atomic mass is 32.1. The van der Waals surface area contributed by atoms with E-state index < -0.39 is 0 Å². The Bertz CT molecular complexity index is 1090. The molecule has 0 saturated heterocycles. The highest BCUT2D eigenvalue weighted by molar-refractivity contribution is 7.14. The Morgan fingerprint density at radius 2 is 1.78 bits per heavy atom. The monoisotopic (exact) mass is 411 g/mol. The molecule has 3 aromatic heterocycles. The number of rotatable bonds is 4. The molecule has 0 aliphatic heterocycles. The predicted molar refractivity (Wildman–Crippen MR) is 115 cm³/mol. The molecule has 0 aliphatic rings. The van der Waals surface area contributed by atoms with Crippen LogP contribution in [0.2, 0.25) is 0 Å². The number of anilines is 1. The molecule has 3 heterocycles. The molecule has 136 valence electrons. The van der Waals surface area contributed by atoms with Gasteiger partial charge in [0.05, 0.1) is 5.69 Å². The number of thiazole rings is 2. The Balaban J connectivity index is 1.54. The van der Waals surface area contributed by atoms with Crippen LogP contribution in [-0.2, 0) is 0 Å². The summed E-state index contributed by atoms with van der Waals surface area (Å²) in [5.41, 5.74) is 7.11. The molecule has 0 unspecified atom stereocenters. The van der Waals surface area contributed by atoms with Gasteiger partial charge in [0.2, 0.25) is 0 Å². The van der Waals surface area contributed by atoms with Crippen LogP contribution in [-0.4, -0.2) is 15.9 Å². The molecule has 4 rings (SSSR count). The summed E-state index contributed by atoms with van der Waals surface area (Å²) in [6.07, 6.45) is 0. The van der Waals surface area contributed by atoms with Crippen molar-refractivity contribution in [3.8, 4) is 21.8 Å². The third-order valence-corrected chi connectivity index (χ3v) is 6.50. The zero-order chi connectivity index (χ0) is 19.0. The second-order valence-corrected chi connectivity index (χ2v) is 8.81. The van der Waals surface area contributed by atoms with Crippen molar-refractivity contribution in [3.05, 3.63) is 62.1 Å². The summed E-state index contributed by atoms with van der Waals surface area (Å²) in [6.45, 7) is 6.27. The Morgan fingerprint density at radius 3 is 2.48 bits per heavy atom. The normalized spacial score (nSPS) is 10.9. The predicted octanol–water partition coefficient (Wildman–Crippen LogP) is 6.17. The number of hydrogen-bond acceptors (Lipinski definition) is 6. The minimum atomic E-state index is -0.231. The molecule has 0 radical (unpaired) electrons. The molecule has 1 aromatic carbocycles. The zero-order valence-electron chi connectivity index (χ0n) is 15.1. The fourth-order valence-electron chi connectivity index (χ4n) is 3.09. The lowest BCUT2D eigenvalue weighted by Gasteiger charge is -2.08. The summed E-state index contributed by atoms with van der Waals surface area (Å²) < 4.78 is 0. The number of carbonyl (C=O) groups excluding carboxylic acids is 1. The van der Waals surface area contributed by atoms with Crippen molar-refractivity contribution in [1.82, 2.24) is 9.97 Å². The zero-order valence-corrected chi connectivity index (χ0v) is 17.5. The number of hydrogen-bond donors (Lipinski definition) is 1. The van der Waals surface area contributed by atoms with Crippen molar-refractivity contribution in [2.24, 2.45) is 0 Å². The van der Waals surface area contributed by atoms with Crippen molar-refractivity contribution in [2.75, 3.05) is 5.32 Å². The number of benzene rings is 1. The molecule has 0 fully saturated rings. The van der Waals surface area contributed by atoms with Gasteiger partial charge in [-0.25, -0.2) is 9.97 Å². The molecule has 0 spiro atoms. The number of aryl methyl sites for hydroxylation is 3. The highest BCUT2D eigenvalue weighted by Crippen LogP contribution is 2.31. The summed E-state index contributed by atoms with van der Waals surface area (Å²) in [6, 6.07) is 6.31. The number of thiophene rings is 1. The van der Waals surface area contributed by atoms with Crippen LogP contribution in [0.4, 0.5) is 5.13 Å². The van der Waals surface area contributed by atoms with Gasteiger partial charge >= 0.3 is 0 Å². The summed E-state index contributed by atoms with van der Waals surface area (Å²) in [5.74, 6) is -0.231. The average molecular weight is 412 g/mol. The molecule has 27 heavy (non-hydrogen) atoms. The molecule has 0 atom stereocenters. The van der Waals surface area contributed by atoms with Gasteiger partial charge < -0.3 is 0 Å². The summed E-state index contributed by atoms with van der Waals surface area (Å²) in [4.78, 5) is 21.6. The SMILES string of the molecule is Cc1cc(C)c(-c2csc(NC(=O)c3csc(-c4ccsc4)n3)n2)c(C)c1. The smallest absolute Gasteiger partial charge is 0.276 e. The van der Waals surface area contributed by atoms with Crippen molar-refractivity contribution >= 4 is 45.0 Å². The van der Waals surface area contributed by atoms with Gasteiger partial charge in [-0.2, -0.15) is 11.3 Å². The van der Waals surface area contributed by atoms with E-state index in [1.165, 1.54) is 39.4 Å². The second kappa shape index (κ2) is 7.34. The van der Waals surface area contributed by atoms with Crippen molar-refractivity contribution < 1.29 is 4.79 Å². The van der Waals surface area contributed by atoms with Gasteiger partial charge in [-0.05, 0) is 43.3 Å². The molecular formula is C20H17N3OS3. The van der Waals surface area contributed by atoms with Crippen LogP contribution in [0.1, 0.15) is 27.2 Å². The first-order chi connectivity index (χ1) is 13.0. The van der Waals surface area contributed by atoms with E-state index >= 15 is 0 Å². The third kappa shape index (κ3) is 3.71. The van der Waals surface area contributed by atoms with Crippen LogP contribution < -0.4 is 5.32 Å². The van der Waals surface area contributed by atoms with Crippen LogP contribution in [0.15, 0.2) is 39.7 Å². The first kappa shape index (κ1) is 18.0. The molecule has 1 amide bonds. The van der Waals surface area contributed by atoms with E-state index in [-0.39, 0.29) is 5.91 Å². The molecule has 0 aliphatic carbocycles. The van der Waals surface area contributed by atoms with Crippen molar-refractivity contribution in [3.63, 3.8) is 0 Å². The van der Waals surface area contributed by atoms with Gasteiger partial charge in [0, 0.05) is 27.3 Å². The third-order valence-electron chi connectivity index (χ3n) is 4.16. The van der Waals surface area contributed by atoms with E-state index in [0.717, 1.165) is 21.8 Å². The van der Waals surface area contributed by atoms with Gasteiger partial charge in [-0.1, -0.05) is 17.7 Å². The van der Waals surface area contributed by atoms with E-state index in [1.54, 1.807) is 16.7 Å². The maximum atomic E-state index is 12.5. The van der Waals surface area contributed by atoms with E-state index in [1.807, 2.05) is 22.2 Å². The number of carbonyl (C=O) groups is 1. The van der Waals surface area contributed by atoms with E-state index in [4.69, 9.17) is 0 Å². The fraction of sp³-hybridized carbons (Fsp3) is 0.150. The number of aromatic nitrogens is 2. The molecular weight excluding hydrogens is 394 g/mol. The lowest BCUT2D eigenvalue weighted by Crippen LogP contribution is -2.12. The van der Waals surface area contributed by atoms with Crippen LogP contribution in [0.25, 0.3) is 21.8 Å². The van der Waals surface area contributed by atoms with Gasteiger partial charge in [0.1, 0.15) is 10.7 Å². The first-order valence-electron chi connectivity index (χ1n) is 8.34. The number of nitrogens with one attached hydrogen (secondary N) is 1. The maximum absolute atomic E-state index is 12.5. The Labute approximate surface area is 169 Å². The Hall–Kier alpha value is -2.35. The lowest BCUT2D eigenvalue weighted by atomic mass is 9.98. The standard InChI is InChI=1S/C20H17N3OS3/c1-11-6-12(2)17(13(3)7-11)15-9-27-20(22-15)23-18(24)16-10-26-19(21-16)14-4-5-25-8-14/h4-10H,1-3H3,(H,22,23,24). The first-order valence-corrected chi connectivity index (χ1v) is 11.0. The summed E-state index contributed by atoms with van der Waals surface area (Å²) >= 11 is 4.52. The van der Waals surface area contributed by atoms with Gasteiger partial charge in [0.15, 0.2) is 5.13 Å². The largest absolute Gasteiger partial charge is 0.296 e. The van der Waals surface area contributed by atoms with Gasteiger partial charge in [-0.3, -0.25) is 10.1 Å². The molecule has 4 aromatic rings. The molecule has 0 saturated carbocycles. The van der Waals surface area contributed by atoms with E-state index in [0.29, 0.717) is 10.8 Å².